The molecule has 0 saturated carbocycles. The molecule has 0 aromatic heterocycles. The molecule has 0 N–H and O–H groups in total. The lowest BCUT2D eigenvalue weighted by Crippen LogP contribution is -2.60. The third-order valence-corrected chi connectivity index (χ3v) is 10.8. The van der Waals surface area contributed by atoms with Gasteiger partial charge in [0, 0.05) is 0 Å². The topological polar surface area (TPSA) is 9.23 Å². The molecule has 0 atom stereocenters. The first-order valence-electron chi connectivity index (χ1n) is 8.23. The Bertz CT molecular complexity index is 250. The summed E-state index contributed by atoms with van der Waals surface area (Å²) in [6, 6.07) is 3.99. The van der Waals surface area contributed by atoms with Gasteiger partial charge in [0.05, 0.1) is 5.60 Å². The van der Waals surface area contributed by atoms with E-state index in [1.165, 1.54) is 50.2 Å². The van der Waals surface area contributed by atoms with E-state index in [1.807, 2.05) is 0 Å². The second kappa shape index (κ2) is 6.09. The van der Waals surface area contributed by atoms with Crippen LogP contribution in [0.15, 0.2) is 0 Å². The van der Waals surface area contributed by atoms with Crippen LogP contribution in [0, 0.1) is 5.41 Å². The average molecular weight is 271 g/mol. The highest BCUT2D eigenvalue weighted by Crippen LogP contribution is 2.55. The number of rotatable bonds is 6. The molecule has 1 nitrogen and oxygen atoms in total. The predicted molar refractivity (Wildman–Crippen MR) is 83.6 cm³/mol. The van der Waals surface area contributed by atoms with Crippen LogP contribution in [0.5, 0.6) is 0 Å². The molecule has 0 radical (unpaired) electrons. The molecule has 1 saturated heterocycles. The molecule has 0 bridgehead atoms. The standard InChI is InChI=1S/C16H34OSi/c1-7-15(8-2)13-14-18(11-5,12-6)17-16(15,9-3)10-4/h7-14H2,1-6H3. The van der Waals surface area contributed by atoms with Crippen molar-refractivity contribution in [3.8, 4) is 0 Å². The fourth-order valence-corrected chi connectivity index (χ4v) is 8.27. The fraction of sp³-hybridized carbons (Fsp3) is 1.00. The first-order chi connectivity index (χ1) is 8.53. The lowest BCUT2D eigenvalue weighted by molar-refractivity contribution is -0.102. The first-order valence-corrected chi connectivity index (χ1v) is 10.8. The molecule has 0 aromatic carbocycles. The summed E-state index contributed by atoms with van der Waals surface area (Å²) >= 11 is 0. The summed E-state index contributed by atoms with van der Waals surface area (Å²) in [5.41, 5.74) is 0.615. The molecule has 1 aliphatic heterocycles. The van der Waals surface area contributed by atoms with E-state index in [1.54, 1.807) is 0 Å². The molecule has 0 amide bonds. The minimum atomic E-state index is -1.43. The number of hydrogen-bond donors (Lipinski definition) is 0. The van der Waals surface area contributed by atoms with Crippen LogP contribution in [0.4, 0.5) is 0 Å². The van der Waals surface area contributed by atoms with E-state index < -0.39 is 8.32 Å². The summed E-state index contributed by atoms with van der Waals surface area (Å²) in [5.74, 6) is 0. The number of hydrogen-bond acceptors (Lipinski definition) is 1. The van der Waals surface area contributed by atoms with Crippen LogP contribution in [0.3, 0.4) is 0 Å². The van der Waals surface area contributed by atoms with Gasteiger partial charge in [-0.1, -0.05) is 41.5 Å². The van der Waals surface area contributed by atoms with Crippen LogP contribution in [0.2, 0.25) is 18.1 Å². The summed E-state index contributed by atoms with van der Waals surface area (Å²) in [5, 5.41) is 0. The summed E-state index contributed by atoms with van der Waals surface area (Å²) in [7, 11) is -1.43. The Kier molecular flexibility index (Phi) is 5.49. The monoisotopic (exact) mass is 270 g/mol. The normalized spacial score (nSPS) is 25.0. The summed E-state index contributed by atoms with van der Waals surface area (Å²) in [6.07, 6.45) is 6.36. The fourth-order valence-electron chi connectivity index (χ4n) is 4.41. The Morgan fingerprint density at radius 1 is 0.833 bits per heavy atom. The van der Waals surface area contributed by atoms with Gasteiger partial charge in [-0.3, -0.25) is 0 Å². The van der Waals surface area contributed by atoms with Crippen molar-refractivity contribution in [3.63, 3.8) is 0 Å². The highest BCUT2D eigenvalue weighted by Gasteiger charge is 2.55. The average Bonchev–Trinajstić information content (AvgIpc) is 2.46. The minimum Gasteiger partial charge on any atom is -0.411 e. The lowest BCUT2D eigenvalue weighted by Gasteiger charge is -2.58. The van der Waals surface area contributed by atoms with Gasteiger partial charge in [0.2, 0.25) is 0 Å². The Labute approximate surface area is 116 Å². The van der Waals surface area contributed by atoms with Gasteiger partial charge >= 0.3 is 0 Å². The molecule has 0 aromatic rings. The molecular formula is C16H34OSi. The van der Waals surface area contributed by atoms with Crippen LogP contribution in [0.25, 0.3) is 0 Å². The second-order valence-electron chi connectivity index (χ2n) is 6.18. The Balaban J connectivity index is 3.14. The van der Waals surface area contributed by atoms with E-state index in [0.29, 0.717) is 5.41 Å². The zero-order valence-electron chi connectivity index (χ0n) is 13.6. The van der Waals surface area contributed by atoms with Crippen molar-refractivity contribution in [1.29, 1.82) is 0 Å². The van der Waals surface area contributed by atoms with E-state index >= 15 is 0 Å². The maximum absolute atomic E-state index is 7.00. The van der Waals surface area contributed by atoms with Crippen LogP contribution >= 0.6 is 0 Å². The van der Waals surface area contributed by atoms with E-state index in [-0.39, 0.29) is 5.60 Å². The van der Waals surface area contributed by atoms with Crippen molar-refractivity contribution >= 4 is 8.32 Å². The van der Waals surface area contributed by atoms with Gasteiger partial charge in [0.25, 0.3) is 0 Å². The molecule has 18 heavy (non-hydrogen) atoms. The summed E-state index contributed by atoms with van der Waals surface area (Å²) < 4.78 is 7.00. The lowest BCUT2D eigenvalue weighted by atomic mass is 9.64. The van der Waals surface area contributed by atoms with E-state index in [2.05, 4.69) is 41.5 Å². The van der Waals surface area contributed by atoms with Gasteiger partial charge in [-0.05, 0) is 55.7 Å². The molecular weight excluding hydrogens is 236 g/mol. The third kappa shape index (κ3) is 2.31. The molecule has 1 aliphatic rings. The van der Waals surface area contributed by atoms with Gasteiger partial charge in [-0.2, -0.15) is 0 Å². The highest BCUT2D eigenvalue weighted by atomic mass is 28.4. The molecule has 1 rings (SSSR count). The zero-order valence-corrected chi connectivity index (χ0v) is 14.6. The smallest absolute Gasteiger partial charge is 0.193 e. The van der Waals surface area contributed by atoms with E-state index in [4.69, 9.17) is 4.43 Å². The Morgan fingerprint density at radius 3 is 1.67 bits per heavy atom. The van der Waals surface area contributed by atoms with Crippen molar-refractivity contribution < 1.29 is 4.43 Å². The third-order valence-electron chi connectivity index (χ3n) is 6.22. The maximum atomic E-state index is 7.00. The Hall–Kier alpha value is 0.177. The quantitative estimate of drug-likeness (QED) is 0.558. The summed E-state index contributed by atoms with van der Waals surface area (Å²) in [6.45, 7) is 14.2. The van der Waals surface area contributed by atoms with Crippen molar-refractivity contribution in [2.45, 2.75) is 97.4 Å². The van der Waals surface area contributed by atoms with Gasteiger partial charge in [0.1, 0.15) is 0 Å². The van der Waals surface area contributed by atoms with E-state index in [0.717, 1.165) is 0 Å². The SMILES string of the molecule is CCC1(CC)CC[Si](CC)(CC)OC1(CC)CC. The largest absolute Gasteiger partial charge is 0.411 e. The zero-order chi connectivity index (χ0) is 13.9. The van der Waals surface area contributed by atoms with Crippen molar-refractivity contribution in [2.24, 2.45) is 5.41 Å². The first kappa shape index (κ1) is 16.2. The second-order valence-corrected chi connectivity index (χ2v) is 10.7. The predicted octanol–water partition coefficient (Wildman–Crippen LogP) is 5.76. The van der Waals surface area contributed by atoms with Crippen molar-refractivity contribution in [2.75, 3.05) is 0 Å². The highest BCUT2D eigenvalue weighted by molar-refractivity contribution is 6.73. The summed E-state index contributed by atoms with van der Waals surface area (Å²) in [4.78, 5) is 0. The van der Waals surface area contributed by atoms with Crippen LogP contribution in [0.1, 0.15) is 73.6 Å². The molecule has 1 heterocycles. The molecule has 0 aliphatic carbocycles. The molecule has 2 heteroatoms. The minimum absolute atomic E-state index is 0.174. The van der Waals surface area contributed by atoms with Gasteiger partial charge in [0.15, 0.2) is 8.32 Å². The van der Waals surface area contributed by atoms with Crippen LogP contribution in [-0.4, -0.2) is 13.9 Å². The van der Waals surface area contributed by atoms with Crippen LogP contribution in [-0.2, 0) is 4.43 Å². The van der Waals surface area contributed by atoms with E-state index in [9.17, 15) is 0 Å². The molecule has 1 fully saturated rings. The maximum Gasteiger partial charge on any atom is 0.193 e. The van der Waals surface area contributed by atoms with Gasteiger partial charge in [-0.15, -0.1) is 0 Å². The van der Waals surface area contributed by atoms with Crippen molar-refractivity contribution in [3.05, 3.63) is 0 Å². The van der Waals surface area contributed by atoms with Gasteiger partial charge in [-0.25, -0.2) is 0 Å². The van der Waals surface area contributed by atoms with Crippen LogP contribution < -0.4 is 0 Å². The molecule has 0 spiro atoms. The molecule has 108 valence electrons. The van der Waals surface area contributed by atoms with Gasteiger partial charge < -0.3 is 4.43 Å². The van der Waals surface area contributed by atoms with Crippen molar-refractivity contribution in [1.82, 2.24) is 0 Å². The Morgan fingerprint density at radius 2 is 1.33 bits per heavy atom. The molecule has 0 unspecified atom stereocenters.